The van der Waals surface area contributed by atoms with Gasteiger partial charge in [-0.15, -0.1) is 0 Å². The summed E-state index contributed by atoms with van der Waals surface area (Å²) < 4.78 is 27.4. The number of carbonyl (C=O) groups excluding carboxylic acids is 1. The van der Waals surface area contributed by atoms with Gasteiger partial charge >= 0.3 is 0 Å². The predicted octanol–water partition coefficient (Wildman–Crippen LogP) is 4.02. The number of aromatic nitrogens is 3. The van der Waals surface area contributed by atoms with Gasteiger partial charge in [-0.25, -0.2) is 8.42 Å². The van der Waals surface area contributed by atoms with Crippen molar-refractivity contribution >= 4 is 33.4 Å². The molecule has 0 aliphatic heterocycles. The van der Waals surface area contributed by atoms with E-state index < -0.39 is 15.9 Å². The number of anilines is 2. The molecule has 0 aliphatic rings. The fourth-order valence-electron chi connectivity index (χ4n) is 3.36. The van der Waals surface area contributed by atoms with Crippen LogP contribution in [0.2, 0.25) is 0 Å². The Kier molecular flexibility index (Phi) is 6.84. The van der Waals surface area contributed by atoms with Gasteiger partial charge in [0.15, 0.2) is 0 Å². The smallest absolute Gasteiger partial charge is 0.248 e. The van der Waals surface area contributed by atoms with Gasteiger partial charge in [-0.2, -0.15) is 5.10 Å². The minimum atomic E-state index is -3.49. The standard InChI is InChI=1S/C25H23N5O3S/c1-34(32,33)29-23-12-6-5-11-22(23)27-24(31)14-13-21-18-30(17-19-8-3-2-4-9-19)28-25(21)20-10-7-15-26-16-20/h2-16,18,29H,17H2,1H3,(H,27,31)/b14-13+. The average molecular weight is 474 g/mol. The van der Waals surface area contributed by atoms with E-state index in [1.54, 1.807) is 42.7 Å². The topological polar surface area (TPSA) is 106 Å². The van der Waals surface area contributed by atoms with Crippen molar-refractivity contribution in [2.24, 2.45) is 0 Å². The first-order chi connectivity index (χ1) is 16.4. The second kappa shape index (κ2) is 10.1. The number of sulfonamides is 1. The van der Waals surface area contributed by atoms with Crippen LogP contribution in [0.5, 0.6) is 0 Å². The maximum Gasteiger partial charge on any atom is 0.248 e. The first kappa shape index (κ1) is 22.9. The summed E-state index contributed by atoms with van der Waals surface area (Å²) in [6.07, 6.45) is 9.41. The van der Waals surface area contributed by atoms with Crippen molar-refractivity contribution in [3.05, 3.63) is 103 Å². The summed E-state index contributed by atoms with van der Waals surface area (Å²) in [5.74, 6) is -0.407. The Morgan fingerprint density at radius 1 is 1.00 bits per heavy atom. The number of pyridine rings is 1. The van der Waals surface area contributed by atoms with Crippen LogP contribution in [0.3, 0.4) is 0 Å². The molecule has 2 N–H and O–H groups in total. The molecule has 0 saturated carbocycles. The molecular weight excluding hydrogens is 450 g/mol. The van der Waals surface area contributed by atoms with Crippen LogP contribution in [0.4, 0.5) is 11.4 Å². The van der Waals surface area contributed by atoms with E-state index in [1.807, 2.05) is 53.3 Å². The Morgan fingerprint density at radius 3 is 2.44 bits per heavy atom. The average Bonchev–Trinajstić information content (AvgIpc) is 3.22. The highest BCUT2D eigenvalue weighted by atomic mass is 32.2. The molecule has 34 heavy (non-hydrogen) atoms. The van der Waals surface area contributed by atoms with Gasteiger partial charge in [0.25, 0.3) is 0 Å². The molecule has 9 heteroatoms. The fourth-order valence-corrected chi connectivity index (χ4v) is 3.94. The minimum Gasteiger partial charge on any atom is -0.321 e. The molecule has 0 bridgehead atoms. The molecule has 0 unspecified atom stereocenters. The third kappa shape index (κ3) is 6.17. The summed E-state index contributed by atoms with van der Waals surface area (Å²) in [4.78, 5) is 16.8. The third-order valence-corrected chi connectivity index (χ3v) is 5.40. The molecule has 0 radical (unpaired) electrons. The number of hydrogen-bond donors (Lipinski definition) is 2. The largest absolute Gasteiger partial charge is 0.321 e. The maximum atomic E-state index is 12.6. The van der Waals surface area contributed by atoms with Crippen LogP contribution in [-0.4, -0.2) is 35.3 Å². The Hall–Kier alpha value is -4.24. The lowest BCUT2D eigenvalue weighted by Gasteiger charge is -2.10. The quantitative estimate of drug-likeness (QED) is 0.376. The molecule has 2 aromatic carbocycles. The molecule has 2 heterocycles. The van der Waals surface area contributed by atoms with Crippen LogP contribution in [0.1, 0.15) is 11.1 Å². The number of para-hydroxylation sites is 2. The summed E-state index contributed by atoms with van der Waals surface area (Å²) in [5, 5.41) is 7.43. The molecule has 0 atom stereocenters. The number of hydrogen-bond acceptors (Lipinski definition) is 5. The van der Waals surface area contributed by atoms with Crippen LogP contribution in [0.15, 0.2) is 91.4 Å². The van der Waals surface area contributed by atoms with E-state index in [2.05, 4.69) is 15.0 Å². The minimum absolute atomic E-state index is 0.290. The summed E-state index contributed by atoms with van der Waals surface area (Å²) in [5.41, 5.74) is 4.03. The van der Waals surface area contributed by atoms with Crippen LogP contribution >= 0.6 is 0 Å². The second-order valence-electron chi connectivity index (χ2n) is 7.60. The molecule has 8 nitrogen and oxygen atoms in total. The van der Waals surface area contributed by atoms with Gasteiger partial charge < -0.3 is 5.32 Å². The molecule has 4 rings (SSSR count). The second-order valence-corrected chi connectivity index (χ2v) is 9.35. The van der Waals surface area contributed by atoms with E-state index in [4.69, 9.17) is 5.10 Å². The number of nitrogens with one attached hydrogen (secondary N) is 2. The zero-order valence-corrected chi connectivity index (χ0v) is 19.2. The number of nitrogens with zero attached hydrogens (tertiary/aromatic N) is 3. The lowest BCUT2D eigenvalue weighted by Crippen LogP contribution is -2.14. The molecule has 0 fully saturated rings. The molecule has 1 amide bonds. The number of rotatable bonds is 8. The van der Waals surface area contributed by atoms with E-state index in [0.29, 0.717) is 23.6 Å². The predicted molar refractivity (Wildman–Crippen MR) is 134 cm³/mol. The van der Waals surface area contributed by atoms with Gasteiger partial charge in [0, 0.05) is 35.8 Å². The summed E-state index contributed by atoms with van der Waals surface area (Å²) in [7, 11) is -3.49. The highest BCUT2D eigenvalue weighted by Crippen LogP contribution is 2.24. The highest BCUT2D eigenvalue weighted by Gasteiger charge is 2.12. The first-order valence-corrected chi connectivity index (χ1v) is 12.3. The van der Waals surface area contributed by atoms with Crippen molar-refractivity contribution in [2.45, 2.75) is 6.54 Å². The summed E-state index contributed by atoms with van der Waals surface area (Å²) in [6.45, 7) is 0.582. The van der Waals surface area contributed by atoms with Crippen LogP contribution in [0.25, 0.3) is 17.3 Å². The number of amides is 1. The molecule has 0 aliphatic carbocycles. The van der Waals surface area contributed by atoms with Crippen molar-refractivity contribution in [2.75, 3.05) is 16.3 Å². The Balaban J connectivity index is 1.58. The zero-order chi connectivity index (χ0) is 24.0. The van der Waals surface area contributed by atoms with E-state index in [9.17, 15) is 13.2 Å². The van der Waals surface area contributed by atoms with Crippen molar-refractivity contribution in [3.8, 4) is 11.3 Å². The van der Waals surface area contributed by atoms with Crippen LogP contribution in [-0.2, 0) is 21.4 Å². The first-order valence-electron chi connectivity index (χ1n) is 10.4. The molecule has 4 aromatic rings. The highest BCUT2D eigenvalue weighted by molar-refractivity contribution is 7.92. The SMILES string of the molecule is CS(=O)(=O)Nc1ccccc1NC(=O)/C=C/c1cn(Cc2ccccc2)nc1-c1cccnc1. The van der Waals surface area contributed by atoms with Crippen LogP contribution in [0, 0.1) is 0 Å². The lowest BCUT2D eigenvalue weighted by atomic mass is 10.1. The van der Waals surface area contributed by atoms with Gasteiger partial charge in [-0.1, -0.05) is 42.5 Å². The lowest BCUT2D eigenvalue weighted by molar-refractivity contribution is -0.111. The number of carbonyl (C=O) groups is 1. The molecule has 0 saturated heterocycles. The summed E-state index contributed by atoms with van der Waals surface area (Å²) >= 11 is 0. The van der Waals surface area contributed by atoms with E-state index >= 15 is 0 Å². The zero-order valence-electron chi connectivity index (χ0n) is 18.4. The van der Waals surface area contributed by atoms with E-state index in [-0.39, 0.29) is 0 Å². The van der Waals surface area contributed by atoms with E-state index in [0.717, 1.165) is 22.9 Å². The third-order valence-electron chi connectivity index (χ3n) is 4.81. The Morgan fingerprint density at radius 2 is 1.74 bits per heavy atom. The van der Waals surface area contributed by atoms with Crippen molar-refractivity contribution in [3.63, 3.8) is 0 Å². The van der Waals surface area contributed by atoms with Gasteiger partial charge in [0.05, 0.1) is 24.2 Å². The van der Waals surface area contributed by atoms with Gasteiger partial charge in [0.1, 0.15) is 5.69 Å². The maximum absolute atomic E-state index is 12.6. The van der Waals surface area contributed by atoms with Gasteiger partial charge in [0.2, 0.25) is 15.9 Å². The normalized spacial score (nSPS) is 11.4. The molecule has 172 valence electrons. The molecule has 2 aromatic heterocycles. The van der Waals surface area contributed by atoms with E-state index in [1.165, 1.54) is 6.08 Å². The Labute approximate surface area is 198 Å². The van der Waals surface area contributed by atoms with Crippen molar-refractivity contribution < 1.29 is 13.2 Å². The summed E-state index contributed by atoms with van der Waals surface area (Å²) in [6, 6.07) is 20.3. The van der Waals surface area contributed by atoms with Crippen molar-refractivity contribution in [1.29, 1.82) is 0 Å². The monoisotopic (exact) mass is 473 g/mol. The Bertz CT molecular complexity index is 1420. The number of benzene rings is 2. The van der Waals surface area contributed by atoms with Crippen LogP contribution < -0.4 is 10.0 Å². The fraction of sp³-hybridized carbons (Fsp3) is 0.0800. The van der Waals surface area contributed by atoms with Gasteiger partial charge in [-0.05, 0) is 35.9 Å². The molecular formula is C25H23N5O3S. The van der Waals surface area contributed by atoms with Gasteiger partial charge in [-0.3, -0.25) is 19.2 Å². The molecule has 0 spiro atoms. The van der Waals surface area contributed by atoms with Crippen molar-refractivity contribution in [1.82, 2.24) is 14.8 Å².